The molecule has 0 radical (unpaired) electrons. The van der Waals surface area contributed by atoms with Gasteiger partial charge in [-0.3, -0.25) is 0 Å². The molecule has 0 aliphatic rings. The summed E-state index contributed by atoms with van der Waals surface area (Å²) in [5.41, 5.74) is 0.291. The minimum absolute atomic E-state index is 0.291. The molecule has 0 aliphatic carbocycles. The molecule has 0 amide bonds. The van der Waals surface area contributed by atoms with Crippen molar-refractivity contribution < 1.29 is 24.5 Å². The van der Waals surface area contributed by atoms with Gasteiger partial charge in [0.05, 0.1) is 0 Å². The van der Waals surface area contributed by atoms with Crippen LogP contribution >= 0.6 is 0 Å². The van der Waals surface area contributed by atoms with Crippen LogP contribution in [0.4, 0.5) is 0 Å². The third kappa shape index (κ3) is 13.4. The van der Waals surface area contributed by atoms with E-state index >= 15 is 0 Å². The number of carbonyl (C=O) groups is 2. The van der Waals surface area contributed by atoms with Gasteiger partial charge >= 0.3 is 11.9 Å². The molecule has 74 valence electrons. The van der Waals surface area contributed by atoms with E-state index < -0.39 is 18.7 Å². The predicted octanol–water partition coefficient (Wildman–Crippen LogP) is 0.312. The second-order valence-corrected chi connectivity index (χ2v) is 1.88. The fraction of sp³-hybridized carbons (Fsp3) is 0.250. The first-order valence-corrected chi connectivity index (χ1v) is 3.24. The zero-order valence-electron chi connectivity index (χ0n) is 7.32. The number of esters is 1. The highest BCUT2D eigenvalue weighted by Crippen LogP contribution is 1.88. The van der Waals surface area contributed by atoms with Gasteiger partial charge in [0.15, 0.2) is 6.79 Å². The van der Waals surface area contributed by atoms with Gasteiger partial charge in [-0.2, -0.15) is 0 Å². The Kier molecular flexibility index (Phi) is 9.09. The van der Waals surface area contributed by atoms with Crippen molar-refractivity contribution in [3.63, 3.8) is 0 Å². The number of ether oxygens (including phenoxy) is 1. The molecule has 0 atom stereocenters. The number of hydrogen-bond acceptors (Lipinski definition) is 4. The average Bonchev–Trinajstić information content (AvgIpc) is 2.06. The quantitative estimate of drug-likeness (QED) is 0.378. The van der Waals surface area contributed by atoms with Gasteiger partial charge in [-0.05, 0) is 6.92 Å². The third-order valence-electron chi connectivity index (χ3n) is 0.719. The number of carboxylic acids is 1. The topological polar surface area (TPSA) is 83.8 Å². The number of hydrogen-bond donors (Lipinski definition) is 2. The Morgan fingerprint density at radius 2 is 1.92 bits per heavy atom. The van der Waals surface area contributed by atoms with Crippen LogP contribution in [-0.2, 0) is 14.3 Å². The maximum atomic E-state index is 10.3. The van der Waals surface area contributed by atoms with E-state index in [-0.39, 0.29) is 0 Å². The van der Waals surface area contributed by atoms with E-state index in [1.807, 2.05) is 0 Å². The van der Waals surface area contributed by atoms with Gasteiger partial charge in [0.25, 0.3) is 0 Å². The van der Waals surface area contributed by atoms with E-state index in [1.165, 1.54) is 6.92 Å². The van der Waals surface area contributed by atoms with Crippen LogP contribution in [0, 0.1) is 0 Å². The summed E-state index contributed by atoms with van der Waals surface area (Å²) >= 11 is 0. The summed E-state index contributed by atoms with van der Waals surface area (Å²) in [5, 5.41) is 15.6. The average molecular weight is 188 g/mol. The van der Waals surface area contributed by atoms with Crippen LogP contribution < -0.4 is 0 Å². The van der Waals surface area contributed by atoms with Crippen LogP contribution in [0.5, 0.6) is 0 Å². The van der Waals surface area contributed by atoms with Crippen LogP contribution in [-0.4, -0.2) is 28.9 Å². The second kappa shape index (κ2) is 8.48. The van der Waals surface area contributed by atoms with Gasteiger partial charge in [0, 0.05) is 11.6 Å². The molecule has 0 aromatic heterocycles. The van der Waals surface area contributed by atoms with E-state index in [0.29, 0.717) is 5.57 Å². The zero-order chi connectivity index (χ0) is 10.9. The lowest BCUT2D eigenvalue weighted by molar-refractivity contribution is -0.146. The first kappa shape index (κ1) is 13.9. The number of carbonyl (C=O) groups excluding carboxylic acids is 1. The number of rotatable bonds is 3. The number of aliphatic hydroxyl groups is 1. The first-order chi connectivity index (χ1) is 5.95. The van der Waals surface area contributed by atoms with Crippen molar-refractivity contribution in [2.45, 2.75) is 6.92 Å². The van der Waals surface area contributed by atoms with Crippen molar-refractivity contribution in [1.82, 2.24) is 0 Å². The highest BCUT2D eigenvalue weighted by Gasteiger charge is 1.98. The summed E-state index contributed by atoms with van der Waals surface area (Å²) in [4.78, 5) is 19.5. The van der Waals surface area contributed by atoms with E-state index in [9.17, 15) is 9.59 Å². The van der Waals surface area contributed by atoms with E-state index in [2.05, 4.69) is 17.9 Å². The molecule has 0 rings (SSSR count). The third-order valence-corrected chi connectivity index (χ3v) is 0.719. The molecule has 0 unspecified atom stereocenters. The Morgan fingerprint density at radius 3 is 2.00 bits per heavy atom. The van der Waals surface area contributed by atoms with Crippen LogP contribution in [0.2, 0.25) is 0 Å². The Hall–Kier alpha value is -1.62. The lowest BCUT2D eigenvalue weighted by Crippen LogP contribution is -2.04. The van der Waals surface area contributed by atoms with Crippen molar-refractivity contribution in [1.29, 1.82) is 0 Å². The van der Waals surface area contributed by atoms with E-state index in [4.69, 9.17) is 10.2 Å². The molecule has 0 aromatic rings. The Bertz CT molecular complexity index is 207. The highest BCUT2D eigenvalue weighted by molar-refractivity contribution is 5.86. The first-order valence-electron chi connectivity index (χ1n) is 3.24. The second-order valence-electron chi connectivity index (χ2n) is 1.88. The maximum absolute atomic E-state index is 10.3. The lowest BCUT2D eigenvalue weighted by atomic mass is 10.4. The fourth-order valence-corrected chi connectivity index (χ4v) is 0.182. The SMILES string of the molecule is C=C(C)C(=O)OCO.C=CC(=O)O. The molecule has 0 heterocycles. The van der Waals surface area contributed by atoms with Crippen molar-refractivity contribution in [3.8, 4) is 0 Å². The Labute approximate surface area is 75.9 Å². The van der Waals surface area contributed by atoms with Crippen molar-refractivity contribution in [3.05, 3.63) is 24.8 Å². The van der Waals surface area contributed by atoms with Crippen molar-refractivity contribution >= 4 is 11.9 Å². The maximum Gasteiger partial charge on any atom is 0.335 e. The van der Waals surface area contributed by atoms with Crippen molar-refractivity contribution in [2.24, 2.45) is 0 Å². The van der Waals surface area contributed by atoms with Gasteiger partial charge < -0.3 is 14.9 Å². The predicted molar refractivity (Wildman–Crippen MR) is 45.8 cm³/mol. The van der Waals surface area contributed by atoms with Gasteiger partial charge in [-0.25, -0.2) is 9.59 Å². The van der Waals surface area contributed by atoms with Crippen LogP contribution in [0.15, 0.2) is 24.8 Å². The van der Waals surface area contributed by atoms with Crippen LogP contribution in [0.3, 0.4) is 0 Å². The molecular weight excluding hydrogens is 176 g/mol. The molecular formula is C8H12O5. The number of carboxylic acid groups (broad SMARTS) is 1. The van der Waals surface area contributed by atoms with Gasteiger partial charge in [0.2, 0.25) is 0 Å². The molecule has 13 heavy (non-hydrogen) atoms. The van der Waals surface area contributed by atoms with Crippen LogP contribution in [0.1, 0.15) is 6.92 Å². The standard InChI is InChI=1S/C5H8O3.C3H4O2/c1-4(2)5(7)8-3-6;1-2-3(4)5/h6H,1,3H2,2H3;2H,1H2,(H,4,5). The normalized spacial score (nSPS) is 7.54. The molecule has 0 bridgehead atoms. The molecule has 5 heteroatoms. The smallest absolute Gasteiger partial charge is 0.335 e. The molecule has 0 spiro atoms. The van der Waals surface area contributed by atoms with E-state index in [0.717, 1.165) is 6.08 Å². The summed E-state index contributed by atoms with van der Waals surface area (Å²) in [6.45, 7) is 7.18. The number of aliphatic carboxylic acids is 1. The molecule has 0 fully saturated rings. The minimum Gasteiger partial charge on any atom is -0.478 e. The lowest BCUT2D eigenvalue weighted by Gasteiger charge is -1.95. The summed E-state index contributed by atoms with van der Waals surface area (Å²) in [5.74, 6) is -1.54. The zero-order valence-corrected chi connectivity index (χ0v) is 7.32. The monoisotopic (exact) mass is 188 g/mol. The molecule has 0 aliphatic heterocycles. The van der Waals surface area contributed by atoms with E-state index in [1.54, 1.807) is 0 Å². The molecule has 2 N–H and O–H groups in total. The number of aliphatic hydroxyl groups excluding tert-OH is 1. The molecule has 0 saturated heterocycles. The van der Waals surface area contributed by atoms with Crippen molar-refractivity contribution in [2.75, 3.05) is 6.79 Å². The molecule has 0 aromatic carbocycles. The van der Waals surface area contributed by atoms with Gasteiger partial charge in [-0.1, -0.05) is 13.2 Å². The largest absolute Gasteiger partial charge is 0.478 e. The fourth-order valence-electron chi connectivity index (χ4n) is 0.182. The Balaban J connectivity index is 0. The minimum atomic E-state index is -0.981. The molecule has 0 saturated carbocycles. The van der Waals surface area contributed by atoms with Crippen LogP contribution in [0.25, 0.3) is 0 Å². The summed E-state index contributed by atoms with van der Waals surface area (Å²) in [6.07, 6.45) is 0.833. The highest BCUT2D eigenvalue weighted by atomic mass is 16.6. The van der Waals surface area contributed by atoms with Gasteiger partial charge in [-0.15, -0.1) is 0 Å². The Morgan fingerprint density at radius 1 is 1.54 bits per heavy atom. The summed E-state index contributed by atoms with van der Waals surface area (Å²) in [7, 11) is 0. The summed E-state index contributed by atoms with van der Waals surface area (Å²) < 4.78 is 4.12. The summed E-state index contributed by atoms with van der Waals surface area (Å²) in [6, 6.07) is 0. The van der Waals surface area contributed by atoms with Gasteiger partial charge in [0.1, 0.15) is 0 Å². The molecule has 5 nitrogen and oxygen atoms in total.